The molecule has 1 atom stereocenters. The van der Waals surface area contributed by atoms with E-state index in [0.717, 1.165) is 16.9 Å². The predicted octanol–water partition coefficient (Wildman–Crippen LogP) is 5.24. The van der Waals surface area contributed by atoms with Gasteiger partial charge in [-0.1, -0.05) is 45.0 Å². The summed E-state index contributed by atoms with van der Waals surface area (Å²) < 4.78 is 0. The fraction of sp³-hybridized carbons (Fsp3) is 0.389. The third-order valence-electron chi connectivity index (χ3n) is 3.50. The number of rotatable bonds is 5. The third-order valence-corrected chi connectivity index (χ3v) is 4.52. The highest BCUT2D eigenvalue weighted by molar-refractivity contribution is 7.14. The number of aryl methyl sites for hydroxylation is 1. The van der Waals surface area contributed by atoms with Gasteiger partial charge in [-0.15, -0.1) is 11.3 Å². The molecule has 0 saturated carbocycles. The van der Waals surface area contributed by atoms with E-state index in [1.165, 1.54) is 10.4 Å². The summed E-state index contributed by atoms with van der Waals surface area (Å²) >= 11 is 1.58. The summed E-state index contributed by atoms with van der Waals surface area (Å²) in [6.45, 7) is 8.47. The molecule has 1 nitrogen and oxygen atoms in total. The molecule has 1 aromatic carbocycles. The van der Waals surface area contributed by atoms with E-state index in [4.69, 9.17) is 0 Å². The molecular formula is C18H22OS. The second kappa shape index (κ2) is 6.36. The molecular weight excluding hydrogens is 264 g/mol. The molecule has 1 aromatic heterocycles. The van der Waals surface area contributed by atoms with Crippen LogP contribution in [0.2, 0.25) is 0 Å². The number of hydrogen-bond acceptors (Lipinski definition) is 2. The van der Waals surface area contributed by atoms with E-state index in [9.17, 15) is 4.79 Å². The molecule has 2 rings (SSSR count). The van der Waals surface area contributed by atoms with Crippen LogP contribution in [0.5, 0.6) is 0 Å². The van der Waals surface area contributed by atoms with Crippen LogP contribution in [0.15, 0.2) is 36.4 Å². The van der Waals surface area contributed by atoms with E-state index in [1.54, 1.807) is 11.3 Å². The smallest absolute Gasteiger partial charge is 0.179 e. The Labute approximate surface area is 125 Å². The van der Waals surface area contributed by atoms with Crippen LogP contribution < -0.4 is 0 Å². The molecule has 20 heavy (non-hydrogen) atoms. The van der Waals surface area contributed by atoms with Gasteiger partial charge in [0.05, 0.1) is 4.88 Å². The summed E-state index contributed by atoms with van der Waals surface area (Å²) in [6.07, 6.45) is 1.09. The standard InChI is InChI=1S/C18H22OS/c1-12(2)11-15-6-8-16(9-7-15)14(4)18(19)17-10-5-13(3)20-17/h5-10,12,14H,11H2,1-4H3/t14-/m1/s1. The molecule has 0 aliphatic rings. The lowest BCUT2D eigenvalue weighted by atomic mass is 9.93. The first-order valence-electron chi connectivity index (χ1n) is 7.17. The van der Waals surface area contributed by atoms with E-state index < -0.39 is 0 Å². The zero-order chi connectivity index (χ0) is 14.7. The number of benzene rings is 1. The molecule has 0 radical (unpaired) electrons. The molecule has 106 valence electrons. The first-order chi connectivity index (χ1) is 9.47. The SMILES string of the molecule is Cc1ccc(C(=O)[C@H](C)c2ccc(CC(C)C)cc2)s1. The Morgan fingerprint density at radius 2 is 1.70 bits per heavy atom. The molecule has 1 heterocycles. The first kappa shape index (κ1) is 15.0. The van der Waals surface area contributed by atoms with Crippen molar-refractivity contribution >= 4 is 17.1 Å². The van der Waals surface area contributed by atoms with Gasteiger partial charge in [0, 0.05) is 10.8 Å². The van der Waals surface area contributed by atoms with E-state index in [1.807, 2.05) is 26.0 Å². The van der Waals surface area contributed by atoms with Gasteiger partial charge >= 0.3 is 0 Å². The molecule has 0 saturated heterocycles. The quantitative estimate of drug-likeness (QED) is 0.687. The lowest BCUT2D eigenvalue weighted by Gasteiger charge is -2.11. The first-order valence-corrected chi connectivity index (χ1v) is 7.98. The van der Waals surface area contributed by atoms with Crippen molar-refractivity contribution in [2.75, 3.05) is 0 Å². The fourth-order valence-electron chi connectivity index (χ4n) is 2.35. The molecule has 0 aliphatic carbocycles. The van der Waals surface area contributed by atoms with Crippen LogP contribution in [0.3, 0.4) is 0 Å². The molecule has 0 spiro atoms. The van der Waals surface area contributed by atoms with E-state index in [-0.39, 0.29) is 11.7 Å². The van der Waals surface area contributed by atoms with Gasteiger partial charge in [-0.25, -0.2) is 0 Å². The summed E-state index contributed by atoms with van der Waals surface area (Å²) in [5, 5.41) is 0. The normalized spacial score (nSPS) is 12.7. The summed E-state index contributed by atoms with van der Waals surface area (Å²) in [6, 6.07) is 12.4. The maximum absolute atomic E-state index is 12.4. The maximum Gasteiger partial charge on any atom is 0.179 e. The third kappa shape index (κ3) is 3.57. The lowest BCUT2D eigenvalue weighted by Crippen LogP contribution is -2.08. The van der Waals surface area contributed by atoms with Crippen LogP contribution in [0.1, 0.15) is 52.4 Å². The number of ketones is 1. The largest absolute Gasteiger partial charge is 0.293 e. The maximum atomic E-state index is 12.4. The number of hydrogen-bond donors (Lipinski definition) is 0. The highest BCUT2D eigenvalue weighted by Crippen LogP contribution is 2.25. The molecule has 2 aromatic rings. The Bertz CT molecular complexity index is 578. The van der Waals surface area contributed by atoms with Crippen molar-refractivity contribution in [3.05, 3.63) is 57.3 Å². The van der Waals surface area contributed by atoms with Gasteiger partial charge in [-0.05, 0) is 42.5 Å². The zero-order valence-electron chi connectivity index (χ0n) is 12.6. The van der Waals surface area contributed by atoms with Crippen molar-refractivity contribution in [3.63, 3.8) is 0 Å². The second-order valence-electron chi connectivity index (χ2n) is 5.84. The molecule has 2 heteroatoms. The molecule has 0 aliphatic heterocycles. The van der Waals surface area contributed by atoms with Crippen molar-refractivity contribution in [2.45, 2.75) is 40.0 Å². The number of carbonyl (C=O) groups excluding carboxylic acids is 1. The molecule has 0 amide bonds. The van der Waals surface area contributed by atoms with Crippen molar-refractivity contribution in [3.8, 4) is 0 Å². The topological polar surface area (TPSA) is 17.1 Å². The average molecular weight is 286 g/mol. The van der Waals surface area contributed by atoms with Crippen molar-refractivity contribution < 1.29 is 4.79 Å². The van der Waals surface area contributed by atoms with Crippen LogP contribution in [-0.4, -0.2) is 5.78 Å². The summed E-state index contributed by atoms with van der Waals surface area (Å²) in [4.78, 5) is 14.5. The van der Waals surface area contributed by atoms with Crippen LogP contribution in [-0.2, 0) is 6.42 Å². The average Bonchev–Trinajstić information content (AvgIpc) is 2.84. The van der Waals surface area contributed by atoms with Crippen molar-refractivity contribution in [1.29, 1.82) is 0 Å². The van der Waals surface area contributed by atoms with Gasteiger partial charge < -0.3 is 0 Å². The van der Waals surface area contributed by atoms with Gasteiger partial charge in [0.2, 0.25) is 0 Å². The van der Waals surface area contributed by atoms with Crippen molar-refractivity contribution in [2.24, 2.45) is 5.92 Å². The minimum absolute atomic E-state index is 0.0684. The summed E-state index contributed by atoms with van der Waals surface area (Å²) in [5.74, 6) is 0.815. The molecule has 0 unspecified atom stereocenters. The van der Waals surface area contributed by atoms with Gasteiger partial charge in [0.15, 0.2) is 5.78 Å². The van der Waals surface area contributed by atoms with E-state index in [2.05, 4.69) is 38.1 Å². The number of thiophene rings is 1. The monoisotopic (exact) mass is 286 g/mol. The Balaban J connectivity index is 2.12. The highest BCUT2D eigenvalue weighted by Gasteiger charge is 2.18. The van der Waals surface area contributed by atoms with Gasteiger partial charge in [0.1, 0.15) is 0 Å². The van der Waals surface area contributed by atoms with Gasteiger partial charge in [-0.2, -0.15) is 0 Å². The van der Waals surface area contributed by atoms with Crippen LogP contribution in [0, 0.1) is 12.8 Å². The fourth-order valence-corrected chi connectivity index (χ4v) is 3.24. The Morgan fingerprint density at radius 1 is 1.05 bits per heavy atom. The Hall–Kier alpha value is -1.41. The zero-order valence-corrected chi connectivity index (χ0v) is 13.5. The minimum atomic E-state index is -0.0684. The molecule has 0 bridgehead atoms. The van der Waals surface area contributed by atoms with Crippen molar-refractivity contribution in [1.82, 2.24) is 0 Å². The Morgan fingerprint density at radius 3 is 2.20 bits per heavy atom. The summed E-state index contributed by atoms with van der Waals surface area (Å²) in [5.41, 5.74) is 2.45. The summed E-state index contributed by atoms with van der Waals surface area (Å²) in [7, 11) is 0. The van der Waals surface area contributed by atoms with Crippen LogP contribution in [0.25, 0.3) is 0 Å². The second-order valence-corrected chi connectivity index (χ2v) is 7.12. The highest BCUT2D eigenvalue weighted by atomic mass is 32.1. The van der Waals surface area contributed by atoms with E-state index in [0.29, 0.717) is 5.92 Å². The molecule has 0 fully saturated rings. The lowest BCUT2D eigenvalue weighted by molar-refractivity contribution is 0.0970. The van der Waals surface area contributed by atoms with Gasteiger partial charge in [0.25, 0.3) is 0 Å². The van der Waals surface area contributed by atoms with E-state index >= 15 is 0 Å². The van der Waals surface area contributed by atoms with Crippen LogP contribution in [0.4, 0.5) is 0 Å². The predicted molar refractivity (Wildman–Crippen MR) is 86.8 cm³/mol. The Kier molecular flexibility index (Phi) is 4.77. The molecule has 0 N–H and O–H groups in total. The number of Topliss-reactive ketones (excluding diaryl/α,β-unsaturated/α-hetero) is 1. The minimum Gasteiger partial charge on any atom is -0.293 e. The van der Waals surface area contributed by atoms with Gasteiger partial charge in [-0.3, -0.25) is 4.79 Å². The van der Waals surface area contributed by atoms with Crippen LogP contribution >= 0.6 is 11.3 Å². The number of carbonyl (C=O) groups is 1.